The fourth-order valence-electron chi connectivity index (χ4n) is 3.64. The first-order chi connectivity index (χ1) is 17.3. The van der Waals surface area contributed by atoms with Gasteiger partial charge in [-0.15, -0.1) is 0 Å². The SMILES string of the molecule is CC/C=C/CC/C=C/CC/C=C/C(O)C(CS(=O)(=O)O)NC(=O)CCCCCCC/C=C\CCCC. The number of carbonyl (C=O) groups is 1. The van der Waals surface area contributed by atoms with Crippen molar-refractivity contribution in [2.75, 3.05) is 5.75 Å². The summed E-state index contributed by atoms with van der Waals surface area (Å²) in [5.41, 5.74) is 0. The van der Waals surface area contributed by atoms with Crippen molar-refractivity contribution in [3.63, 3.8) is 0 Å². The molecule has 7 heteroatoms. The second kappa shape index (κ2) is 23.7. The lowest BCUT2D eigenvalue weighted by Gasteiger charge is -2.21. The van der Waals surface area contributed by atoms with Gasteiger partial charge in [-0.25, -0.2) is 0 Å². The lowest BCUT2D eigenvalue weighted by atomic mass is 10.1. The Kier molecular flexibility index (Phi) is 22.6. The van der Waals surface area contributed by atoms with E-state index < -0.39 is 28.0 Å². The van der Waals surface area contributed by atoms with Gasteiger partial charge in [-0.05, 0) is 57.8 Å². The number of hydrogen-bond donors (Lipinski definition) is 3. The molecule has 3 N–H and O–H groups in total. The fourth-order valence-corrected chi connectivity index (χ4v) is 4.38. The van der Waals surface area contributed by atoms with Gasteiger partial charge < -0.3 is 10.4 Å². The molecule has 2 atom stereocenters. The van der Waals surface area contributed by atoms with Gasteiger partial charge in [0.15, 0.2) is 0 Å². The smallest absolute Gasteiger partial charge is 0.267 e. The summed E-state index contributed by atoms with van der Waals surface area (Å²) in [5, 5.41) is 13.0. The molecular formula is C29H51NO5S. The highest BCUT2D eigenvalue weighted by atomic mass is 32.2. The molecule has 1 amide bonds. The van der Waals surface area contributed by atoms with Gasteiger partial charge in [0, 0.05) is 6.42 Å². The highest BCUT2D eigenvalue weighted by Crippen LogP contribution is 2.09. The number of carbonyl (C=O) groups excluding carboxylic acids is 1. The largest absolute Gasteiger partial charge is 0.387 e. The minimum atomic E-state index is -4.34. The zero-order chi connectivity index (χ0) is 26.9. The first-order valence-electron chi connectivity index (χ1n) is 13.8. The Morgan fingerprint density at radius 2 is 1.28 bits per heavy atom. The molecule has 0 aliphatic carbocycles. The molecule has 36 heavy (non-hydrogen) atoms. The highest BCUT2D eigenvalue weighted by molar-refractivity contribution is 7.85. The topological polar surface area (TPSA) is 104 Å². The van der Waals surface area contributed by atoms with E-state index in [-0.39, 0.29) is 12.3 Å². The van der Waals surface area contributed by atoms with E-state index in [1.807, 2.05) is 0 Å². The molecular weight excluding hydrogens is 474 g/mol. The molecule has 0 fully saturated rings. The Morgan fingerprint density at radius 3 is 1.89 bits per heavy atom. The minimum Gasteiger partial charge on any atom is -0.387 e. The number of aliphatic hydroxyl groups is 1. The molecule has 0 aliphatic heterocycles. The average molecular weight is 526 g/mol. The van der Waals surface area contributed by atoms with Crippen LogP contribution in [0.4, 0.5) is 0 Å². The third-order valence-electron chi connectivity index (χ3n) is 5.72. The molecule has 0 radical (unpaired) electrons. The summed E-state index contributed by atoms with van der Waals surface area (Å²) in [6.45, 7) is 4.30. The van der Waals surface area contributed by atoms with Crippen molar-refractivity contribution >= 4 is 16.0 Å². The molecule has 0 aromatic carbocycles. The van der Waals surface area contributed by atoms with Crippen molar-refractivity contribution in [3.05, 3.63) is 48.6 Å². The van der Waals surface area contributed by atoms with Gasteiger partial charge >= 0.3 is 0 Å². The summed E-state index contributed by atoms with van der Waals surface area (Å²) in [7, 11) is -4.34. The predicted molar refractivity (Wildman–Crippen MR) is 152 cm³/mol. The van der Waals surface area contributed by atoms with Gasteiger partial charge in [-0.2, -0.15) is 8.42 Å². The Hall–Kier alpha value is -1.70. The maximum absolute atomic E-state index is 12.3. The third kappa shape index (κ3) is 24.0. The Morgan fingerprint density at radius 1 is 0.750 bits per heavy atom. The molecule has 0 saturated carbocycles. The third-order valence-corrected chi connectivity index (χ3v) is 6.50. The van der Waals surface area contributed by atoms with Crippen LogP contribution in [0.3, 0.4) is 0 Å². The number of unbranched alkanes of at least 4 members (excludes halogenated alkanes) is 9. The van der Waals surface area contributed by atoms with Crippen LogP contribution in [-0.4, -0.2) is 41.9 Å². The zero-order valence-corrected chi connectivity index (χ0v) is 23.4. The average Bonchev–Trinajstić information content (AvgIpc) is 2.82. The Balaban J connectivity index is 4.26. The Labute approximate surface area is 220 Å². The molecule has 0 saturated heterocycles. The maximum Gasteiger partial charge on any atom is 0.267 e. The second-order valence-corrected chi connectivity index (χ2v) is 10.8. The van der Waals surface area contributed by atoms with Crippen LogP contribution < -0.4 is 5.32 Å². The summed E-state index contributed by atoms with van der Waals surface area (Å²) in [4.78, 5) is 12.3. The highest BCUT2D eigenvalue weighted by Gasteiger charge is 2.24. The van der Waals surface area contributed by atoms with E-state index in [1.165, 1.54) is 18.9 Å². The normalized spacial score (nSPS) is 14.4. The number of allylic oxidation sites excluding steroid dienone is 7. The van der Waals surface area contributed by atoms with Crippen LogP contribution >= 0.6 is 0 Å². The monoisotopic (exact) mass is 525 g/mol. The Bertz CT molecular complexity index is 756. The molecule has 0 aromatic heterocycles. The predicted octanol–water partition coefficient (Wildman–Crippen LogP) is 6.84. The maximum atomic E-state index is 12.3. The number of amides is 1. The first-order valence-corrected chi connectivity index (χ1v) is 15.4. The second-order valence-electron chi connectivity index (χ2n) is 9.27. The molecule has 0 rings (SSSR count). The lowest BCUT2D eigenvalue weighted by molar-refractivity contribution is -0.122. The lowest BCUT2D eigenvalue weighted by Crippen LogP contribution is -2.46. The van der Waals surface area contributed by atoms with Gasteiger partial charge in [0.25, 0.3) is 10.1 Å². The van der Waals surface area contributed by atoms with Gasteiger partial charge in [-0.3, -0.25) is 9.35 Å². The van der Waals surface area contributed by atoms with Crippen LogP contribution in [0.2, 0.25) is 0 Å². The summed E-state index contributed by atoms with van der Waals surface area (Å²) in [6, 6.07) is -1.08. The number of aliphatic hydroxyl groups excluding tert-OH is 1. The molecule has 208 valence electrons. The molecule has 2 unspecified atom stereocenters. The van der Waals surface area contributed by atoms with Crippen LogP contribution in [-0.2, 0) is 14.9 Å². The van der Waals surface area contributed by atoms with E-state index in [4.69, 9.17) is 0 Å². The quantitative estimate of drug-likeness (QED) is 0.0770. The molecule has 0 aliphatic rings. The molecule has 0 heterocycles. The summed E-state index contributed by atoms with van der Waals surface area (Å²) in [5.74, 6) is -1.03. The molecule has 0 spiro atoms. The van der Waals surface area contributed by atoms with Gasteiger partial charge in [-0.1, -0.05) is 94.6 Å². The molecule has 0 aromatic rings. The van der Waals surface area contributed by atoms with Crippen LogP contribution in [0.15, 0.2) is 48.6 Å². The van der Waals surface area contributed by atoms with E-state index in [0.29, 0.717) is 12.8 Å². The van der Waals surface area contributed by atoms with Gasteiger partial charge in [0.05, 0.1) is 17.9 Å². The van der Waals surface area contributed by atoms with E-state index in [0.717, 1.165) is 64.2 Å². The van der Waals surface area contributed by atoms with Crippen molar-refractivity contribution in [2.24, 2.45) is 0 Å². The van der Waals surface area contributed by atoms with E-state index in [2.05, 4.69) is 55.6 Å². The van der Waals surface area contributed by atoms with Gasteiger partial charge in [0.1, 0.15) is 0 Å². The van der Waals surface area contributed by atoms with Crippen molar-refractivity contribution in [3.8, 4) is 0 Å². The van der Waals surface area contributed by atoms with Crippen molar-refractivity contribution in [1.29, 1.82) is 0 Å². The van der Waals surface area contributed by atoms with Crippen molar-refractivity contribution in [2.45, 2.75) is 122 Å². The standard InChI is InChI=1S/C29H51NO5S/c1-3-5-7-9-11-13-15-17-19-21-23-25-29(32)30-27(26-36(33,34)35)28(31)24-22-20-18-16-14-12-10-8-6-4-2/h6,8-9,11,14,16,22,24,27-28,31H,3-5,7,10,12-13,15,17-21,23,25-26H2,1-2H3,(H,30,32)(H,33,34,35)/b8-6+,11-9-,16-14+,24-22+. The summed E-state index contributed by atoms with van der Waals surface area (Å²) in [6.07, 6.45) is 29.6. The summed E-state index contributed by atoms with van der Waals surface area (Å²) < 4.78 is 32.0. The van der Waals surface area contributed by atoms with E-state index in [9.17, 15) is 22.9 Å². The number of hydrogen-bond acceptors (Lipinski definition) is 4. The van der Waals surface area contributed by atoms with E-state index >= 15 is 0 Å². The van der Waals surface area contributed by atoms with Crippen molar-refractivity contribution in [1.82, 2.24) is 5.32 Å². The van der Waals surface area contributed by atoms with E-state index in [1.54, 1.807) is 6.08 Å². The van der Waals surface area contributed by atoms with Crippen LogP contribution in [0.25, 0.3) is 0 Å². The number of rotatable bonds is 23. The van der Waals surface area contributed by atoms with Crippen molar-refractivity contribution < 1.29 is 22.9 Å². The van der Waals surface area contributed by atoms with Gasteiger partial charge in [0.2, 0.25) is 5.91 Å². The number of nitrogens with one attached hydrogen (secondary N) is 1. The van der Waals surface area contributed by atoms with Crippen LogP contribution in [0.5, 0.6) is 0 Å². The molecule has 0 bridgehead atoms. The molecule has 6 nitrogen and oxygen atoms in total. The first kappa shape index (κ1) is 34.3. The minimum absolute atomic E-state index is 0.271. The fraction of sp³-hybridized carbons (Fsp3) is 0.690. The summed E-state index contributed by atoms with van der Waals surface area (Å²) >= 11 is 0. The van der Waals surface area contributed by atoms with Crippen LogP contribution in [0.1, 0.15) is 110 Å². The van der Waals surface area contributed by atoms with Crippen LogP contribution in [0, 0.1) is 0 Å². The zero-order valence-electron chi connectivity index (χ0n) is 22.6.